The van der Waals surface area contributed by atoms with E-state index in [9.17, 15) is 18.4 Å². The van der Waals surface area contributed by atoms with E-state index in [0.29, 0.717) is 17.9 Å². The number of carboxylic acids is 1. The molecule has 0 spiro atoms. The fourth-order valence-corrected chi connectivity index (χ4v) is 3.02. The summed E-state index contributed by atoms with van der Waals surface area (Å²) in [5, 5.41) is 14.3. The first kappa shape index (κ1) is 23.7. The minimum Gasteiger partial charge on any atom is -0.478 e. The number of halogens is 2. The van der Waals surface area contributed by atoms with Gasteiger partial charge in [0.05, 0.1) is 0 Å². The molecule has 0 saturated heterocycles. The van der Waals surface area contributed by atoms with Crippen LogP contribution in [0.3, 0.4) is 0 Å². The van der Waals surface area contributed by atoms with E-state index in [1.165, 1.54) is 19.9 Å². The second-order valence-electron chi connectivity index (χ2n) is 7.97. The van der Waals surface area contributed by atoms with Gasteiger partial charge in [0.15, 0.2) is 17.2 Å². The van der Waals surface area contributed by atoms with Crippen LogP contribution in [0, 0.1) is 11.6 Å². The van der Waals surface area contributed by atoms with Crippen LogP contribution in [0.4, 0.5) is 25.0 Å². The van der Waals surface area contributed by atoms with Gasteiger partial charge in [-0.3, -0.25) is 0 Å². The van der Waals surface area contributed by atoms with E-state index in [1.807, 2.05) is 30.3 Å². The lowest BCUT2D eigenvalue weighted by atomic mass is 10.0. The highest BCUT2D eigenvalue weighted by molar-refractivity contribution is 5.99. The number of hydrogen-bond acceptors (Lipinski definition) is 3. The van der Waals surface area contributed by atoms with Gasteiger partial charge in [0.25, 0.3) is 0 Å². The van der Waals surface area contributed by atoms with Crippen molar-refractivity contribution < 1.29 is 28.2 Å². The number of ether oxygens (including phenoxy) is 1. The first-order chi connectivity index (χ1) is 15.6. The van der Waals surface area contributed by atoms with E-state index in [0.717, 1.165) is 29.7 Å². The van der Waals surface area contributed by atoms with Crippen LogP contribution in [0.15, 0.2) is 66.7 Å². The second kappa shape index (κ2) is 10.1. The van der Waals surface area contributed by atoms with Crippen molar-refractivity contribution >= 4 is 23.4 Å². The summed E-state index contributed by atoms with van der Waals surface area (Å²) in [5.41, 5.74) is 1.43. The van der Waals surface area contributed by atoms with Crippen molar-refractivity contribution in [2.24, 2.45) is 0 Å². The predicted octanol–water partition coefficient (Wildman–Crippen LogP) is 5.64. The van der Waals surface area contributed by atoms with Gasteiger partial charge < -0.3 is 20.5 Å². The second-order valence-corrected chi connectivity index (χ2v) is 7.97. The number of carboxylic acid groups (broad SMARTS) is 1. The van der Waals surface area contributed by atoms with Crippen molar-refractivity contribution in [1.82, 2.24) is 0 Å². The summed E-state index contributed by atoms with van der Waals surface area (Å²) in [5.74, 6) is -2.59. The molecule has 33 heavy (non-hydrogen) atoms. The molecule has 0 heterocycles. The molecule has 3 rings (SSSR count). The van der Waals surface area contributed by atoms with Crippen LogP contribution in [0.1, 0.15) is 25.0 Å². The van der Waals surface area contributed by atoms with Crippen molar-refractivity contribution in [1.29, 1.82) is 0 Å². The highest BCUT2D eigenvalue weighted by Gasteiger charge is 2.29. The third kappa shape index (κ3) is 6.77. The molecule has 6 nitrogen and oxygen atoms in total. The van der Waals surface area contributed by atoms with Crippen LogP contribution in [0.25, 0.3) is 0 Å². The molecule has 3 N–H and O–H groups in total. The average Bonchev–Trinajstić information content (AvgIpc) is 2.76. The fraction of sp³-hybridized carbons (Fsp3) is 0.200. The lowest BCUT2D eigenvalue weighted by Gasteiger charge is -2.21. The van der Waals surface area contributed by atoms with Crippen LogP contribution in [-0.2, 0) is 17.6 Å². The molecule has 2 amide bonds. The number of hydrogen-bond donors (Lipinski definition) is 3. The van der Waals surface area contributed by atoms with Crippen LogP contribution in [0.5, 0.6) is 5.75 Å². The Morgan fingerprint density at radius 2 is 1.48 bits per heavy atom. The van der Waals surface area contributed by atoms with Crippen LogP contribution < -0.4 is 15.4 Å². The van der Waals surface area contributed by atoms with Crippen molar-refractivity contribution in [2.75, 3.05) is 10.6 Å². The van der Waals surface area contributed by atoms with Gasteiger partial charge in [-0.1, -0.05) is 24.3 Å². The predicted molar refractivity (Wildman–Crippen MR) is 122 cm³/mol. The van der Waals surface area contributed by atoms with Gasteiger partial charge in [-0.15, -0.1) is 0 Å². The van der Waals surface area contributed by atoms with Crippen LogP contribution in [-0.4, -0.2) is 22.7 Å². The maximum absolute atomic E-state index is 13.3. The van der Waals surface area contributed by atoms with Gasteiger partial charge in [0.1, 0.15) is 5.75 Å². The Balaban J connectivity index is 1.55. The monoisotopic (exact) mass is 454 g/mol. The van der Waals surface area contributed by atoms with E-state index in [4.69, 9.17) is 9.84 Å². The summed E-state index contributed by atoms with van der Waals surface area (Å²) >= 11 is 0. The molecule has 0 saturated carbocycles. The van der Waals surface area contributed by atoms with E-state index in [-0.39, 0.29) is 5.69 Å². The molecule has 3 aromatic rings. The largest absolute Gasteiger partial charge is 0.478 e. The number of rotatable bonds is 8. The molecular weight excluding hydrogens is 430 g/mol. The first-order valence-corrected chi connectivity index (χ1v) is 10.3. The number of carbonyl (C=O) groups is 2. The highest BCUT2D eigenvalue weighted by atomic mass is 19.2. The smallest absolute Gasteiger partial charge is 0.347 e. The van der Waals surface area contributed by atoms with Crippen molar-refractivity contribution in [3.8, 4) is 5.75 Å². The number of anilines is 2. The fourth-order valence-electron chi connectivity index (χ4n) is 3.02. The quantitative estimate of drug-likeness (QED) is 0.411. The number of amides is 2. The number of benzene rings is 3. The molecule has 172 valence electrons. The standard InChI is InChI=1S/C25H24F2N2O4/c1-25(2,23(30)31)33-20-11-8-16(9-12-20)6-7-17-4-3-5-18(14-17)28-24(32)29-19-10-13-21(26)22(27)15-19/h3-5,8-15H,6-7H2,1-2H3,(H,30,31)(H2,28,29,32). The Labute approximate surface area is 190 Å². The van der Waals surface area contributed by atoms with E-state index in [1.54, 1.807) is 18.2 Å². The molecule has 0 atom stereocenters. The van der Waals surface area contributed by atoms with Crippen molar-refractivity contribution in [3.05, 3.63) is 89.5 Å². The summed E-state index contributed by atoms with van der Waals surface area (Å²) in [6.45, 7) is 2.98. The Hall–Kier alpha value is -3.94. The maximum Gasteiger partial charge on any atom is 0.347 e. The zero-order chi connectivity index (χ0) is 24.0. The number of urea groups is 1. The Morgan fingerprint density at radius 3 is 2.12 bits per heavy atom. The molecule has 0 radical (unpaired) electrons. The molecular formula is C25H24F2N2O4. The third-order valence-electron chi connectivity index (χ3n) is 4.88. The van der Waals surface area contributed by atoms with Gasteiger partial charge in [0, 0.05) is 17.4 Å². The number of aryl methyl sites for hydroxylation is 2. The minimum absolute atomic E-state index is 0.140. The summed E-state index contributed by atoms with van der Waals surface area (Å²) in [4.78, 5) is 23.3. The van der Waals surface area contributed by atoms with Gasteiger partial charge in [0.2, 0.25) is 0 Å². The number of aliphatic carboxylic acids is 1. The molecule has 0 fully saturated rings. The van der Waals surface area contributed by atoms with Gasteiger partial charge in [-0.2, -0.15) is 0 Å². The zero-order valence-electron chi connectivity index (χ0n) is 18.2. The summed E-state index contributed by atoms with van der Waals surface area (Å²) in [6, 6.07) is 17.1. The lowest BCUT2D eigenvalue weighted by molar-refractivity contribution is -0.152. The minimum atomic E-state index is -1.31. The van der Waals surface area contributed by atoms with Crippen molar-refractivity contribution in [3.63, 3.8) is 0 Å². The molecule has 0 aromatic heterocycles. The Kier molecular flexibility index (Phi) is 7.27. The van der Waals surface area contributed by atoms with E-state index >= 15 is 0 Å². The van der Waals surface area contributed by atoms with Crippen LogP contribution >= 0.6 is 0 Å². The SMILES string of the molecule is CC(C)(Oc1ccc(CCc2cccc(NC(=O)Nc3ccc(F)c(F)c3)c2)cc1)C(=O)O. The lowest BCUT2D eigenvalue weighted by Crippen LogP contribution is -2.37. The average molecular weight is 454 g/mol. The molecule has 0 aliphatic heterocycles. The third-order valence-corrected chi connectivity index (χ3v) is 4.88. The summed E-state index contributed by atoms with van der Waals surface area (Å²) < 4.78 is 31.8. The maximum atomic E-state index is 13.3. The van der Waals surface area contributed by atoms with Gasteiger partial charge in [-0.05, 0) is 74.2 Å². The van der Waals surface area contributed by atoms with E-state index < -0.39 is 29.2 Å². The van der Waals surface area contributed by atoms with Crippen molar-refractivity contribution in [2.45, 2.75) is 32.3 Å². The zero-order valence-corrected chi connectivity index (χ0v) is 18.2. The molecule has 0 bridgehead atoms. The van der Waals surface area contributed by atoms with Gasteiger partial charge >= 0.3 is 12.0 Å². The molecule has 0 aliphatic carbocycles. The topological polar surface area (TPSA) is 87.7 Å². The number of carbonyl (C=O) groups excluding carboxylic acids is 1. The summed E-state index contributed by atoms with van der Waals surface area (Å²) in [7, 11) is 0. The molecule has 8 heteroatoms. The summed E-state index contributed by atoms with van der Waals surface area (Å²) in [6.07, 6.45) is 1.44. The Morgan fingerprint density at radius 1 is 0.848 bits per heavy atom. The highest BCUT2D eigenvalue weighted by Crippen LogP contribution is 2.21. The van der Waals surface area contributed by atoms with E-state index in [2.05, 4.69) is 10.6 Å². The van der Waals surface area contributed by atoms with Crippen LogP contribution in [0.2, 0.25) is 0 Å². The van der Waals surface area contributed by atoms with Gasteiger partial charge in [-0.25, -0.2) is 18.4 Å². The Bertz CT molecular complexity index is 1150. The first-order valence-electron chi connectivity index (χ1n) is 10.3. The molecule has 0 aliphatic rings. The number of nitrogens with one attached hydrogen (secondary N) is 2. The molecule has 0 unspecified atom stereocenters. The normalized spacial score (nSPS) is 11.0. The molecule has 3 aromatic carbocycles.